The first-order chi connectivity index (χ1) is 15.5. The van der Waals surface area contributed by atoms with Crippen LogP contribution in [0.3, 0.4) is 0 Å². The Hall–Kier alpha value is -3.39. The van der Waals surface area contributed by atoms with Crippen molar-refractivity contribution in [3.05, 3.63) is 65.8 Å². The van der Waals surface area contributed by atoms with Gasteiger partial charge in [-0.3, -0.25) is 9.59 Å². The molecule has 1 N–H and O–H groups in total. The van der Waals surface area contributed by atoms with Crippen LogP contribution >= 0.6 is 0 Å². The first-order valence-corrected chi connectivity index (χ1v) is 10.7. The normalized spacial score (nSPS) is 16.6. The molecule has 1 saturated heterocycles. The van der Waals surface area contributed by atoms with E-state index >= 15 is 0 Å². The second-order valence-corrected chi connectivity index (χ2v) is 8.04. The molecule has 1 aliphatic rings. The Balaban J connectivity index is 1.29. The van der Waals surface area contributed by atoms with Crippen LogP contribution in [-0.4, -0.2) is 46.4 Å². The van der Waals surface area contributed by atoms with Gasteiger partial charge in [0.05, 0.1) is 5.92 Å². The van der Waals surface area contributed by atoms with Crippen molar-refractivity contribution >= 4 is 17.4 Å². The van der Waals surface area contributed by atoms with Gasteiger partial charge in [0.1, 0.15) is 5.82 Å². The molecule has 32 heavy (non-hydrogen) atoms. The molecule has 0 saturated carbocycles. The number of amides is 1. The average Bonchev–Trinajstić information content (AvgIpc) is 3.29. The maximum Gasteiger partial charge on any atom is 0.231 e. The summed E-state index contributed by atoms with van der Waals surface area (Å²) in [6.07, 6.45) is 2.26. The predicted octanol–water partition coefficient (Wildman–Crippen LogP) is 4.29. The Bertz CT molecular complexity index is 1100. The van der Waals surface area contributed by atoms with Gasteiger partial charge in [-0.05, 0) is 62.7 Å². The minimum atomic E-state index is -0.342. The van der Waals surface area contributed by atoms with E-state index in [4.69, 9.17) is 4.52 Å². The molecule has 0 aliphatic carbocycles. The van der Waals surface area contributed by atoms with E-state index in [0.29, 0.717) is 41.5 Å². The van der Waals surface area contributed by atoms with Crippen molar-refractivity contribution in [1.29, 1.82) is 0 Å². The molecule has 8 heteroatoms. The van der Waals surface area contributed by atoms with Gasteiger partial charge in [-0.2, -0.15) is 4.98 Å². The Morgan fingerprint density at radius 3 is 2.78 bits per heavy atom. The first-order valence-electron chi connectivity index (χ1n) is 10.7. The van der Waals surface area contributed by atoms with E-state index in [9.17, 15) is 14.0 Å². The summed E-state index contributed by atoms with van der Waals surface area (Å²) in [7, 11) is 0. The maximum atomic E-state index is 13.5. The smallest absolute Gasteiger partial charge is 0.231 e. The van der Waals surface area contributed by atoms with Gasteiger partial charge in [0.15, 0.2) is 5.78 Å². The van der Waals surface area contributed by atoms with Crippen LogP contribution in [0.5, 0.6) is 0 Å². The highest BCUT2D eigenvalue weighted by Crippen LogP contribution is 2.28. The van der Waals surface area contributed by atoms with E-state index in [1.807, 2.05) is 0 Å². The first kappa shape index (κ1) is 21.8. The second-order valence-electron chi connectivity index (χ2n) is 8.04. The van der Waals surface area contributed by atoms with Gasteiger partial charge in [-0.25, -0.2) is 4.39 Å². The quantitative estimate of drug-likeness (QED) is 0.556. The van der Waals surface area contributed by atoms with E-state index in [2.05, 4.69) is 20.4 Å². The topological polar surface area (TPSA) is 88.3 Å². The molecule has 7 nitrogen and oxygen atoms in total. The second kappa shape index (κ2) is 9.82. The third kappa shape index (κ3) is 5.45. The maximum absolute atomic E-state index is 13.5. The number of ketones is 1. The van der Waals surface area contributed by atoms with Crippen LogP contribution in [0.25, 0.3) is 11.4 Å². The van der Waals surface area contributed by atoms with Crippen LogP contribution < -0.4 is 5.32 Å². The molecule has 2 aromatic carbocycles. The van der Waals surface area contributed by atoms with Gasteiger partial charge >= 0.3 is 0 Å². The number of piperidine rings is 1. The molecule has 1 atom stereocenters. The average molecular weight is 436 g/mol. The number of benzene rings is 2. The van der Waals surface area contributed by atoms with Crippen molar-refractivity contribution in [2.24, 2.45) is 0 Å². The fourth-order valence-electron chi connectivity index (χ4n) is 3.88. The molecule has 166 valence electrons. The molecule has 1 amide bonds. The lowest BCUT2D eigenvalue weighted by atomic mass is 9.98. The molecule has 1 fully saturated rings. The van der Waals surface area contributed by atoms with Gasteiger partial charge in [0.25, 0.3) is 0 Å². The summed E-state index contributed by atoms with van der Waals surface area (Å²) in [5.41, 5.74) is 1.87. The molecule has 1 aromatic heterocycles. The van der Waals surface area contributed by atoms with Crippen LogP contribution in [0.1, 0.15) is 48.4 Å². The lowest BCUT2D eigenvalue weighted by Crippen LogP contribution is -2.36. The largest absolute Gasteiger partial charge is 0.339 e. The number of carbonyl (C=O) groups excluding carboxylic acids is 2. The van der Waals surface area contributed by atoms with E-state index in [1.54, 1.807) is 36.4 Å². The fraction of sp³-hybridized carbons (Fsp3) is 0.333. The van der Waals surface area contributed by atoms with Crippen molar-refractivity contribution in [2.75, 3.05) is 25.0 Å². The van der Waals surface area contributed by atoms with Crippen LogP contribution in [0.4, 0.5) is 10.1 Å². The van der Waals surface area contributed by atoms with Crippen LogP contribution in [0.2, 0.25) is 0 Å². The number of halogens is 1. The third-order valence-corrected chi connectivity index (χ3v) is 5.61. The van der Waals surface area contributed by atoms with E-state index in [1.165, 1.54) is 19.1 Å². The monoisotopic (exact) mass is 436 g/mol. The summed E-state index contributed by atoms with van der Waals surface area (Å²) in [5, 5.41) is 6.88. The summed E-state index contributed by atoms with van der Waals surface area (Å²) in [6.45, 7) is 3.77. The Morgan fingerprint density at radius 1 is 1.22 bits per heavy atom. The highest BCUT2D eigenvalue weighted by atomic mass is 19.1. The predicted molar refractivity (Wildman–Crippen MR) is 118 cm³/mol. The Labute approximate surface area is 185 Å². The van der Waals surface area contributed by atoms with Gasteiger partial charge in [0, 0.05) is 36.3 Å². The van der Waals surface area contributed by atoms with Crippen molar-refractivity contribution in [1.82, 2.24) is 15.0 Å². The summed E-state index contributed by atoms with van der Waals surface area (Å²) in [5.74, 6) is 0.586. The number of nitrogens with one attached hydrogen (secondary N) is 1. The molecule has 0 radical (unpaired) electrons. The highest BCUT2D eigenvalue weighted by molar-refractivity contribution is 5.95. The number of hydrogen-bond acceptors (Lipinski definition) is 6. The number of aromatic nitrogens is 2. The molecule has 0 bridgehead atoms. The van der Waals surface area contributed by atoms with Crippen LogP contribution in [-0.2, 0) is 4.79 Å². The van der Waals surface area contributed by atoms with Crippen molar-refractivity contribution in [3.63, 3.8) is 0 Å². The number of Topliss-reactive ketones (excluding diaryl/α,β-unsaturated/α-hetero) is 1. The van der Waals surface area contributed by atoms with Gasteiger partial charge in [-0.15, -0.1) is 0 Å². The van der Waals surface area contributed by atoms with Gasteiger partial charge in [-0.1, -0.05) is 17.3 Å². The number of rotatable bonds is 7. The standard InChI is InChI=1S/C24H25FN4O3/c1-16(30)17-7-9-21(10-8-17)26-22(31)11-13-29-12-3-5-19(15-29)24-27-23(28-32-24)18-4-2-6-20(25)14-18/h2,4,6-10,14,19H,3,5,11-13,15H2,1H3,(H,26,31). The lowest BCUT2D eigenvalue weighted by molar-refractivity contribution is -0.116. The zero-order chi connectivity index (χ0) is 22.5. The zero-order valence-corrected chi connectivity index (χ0v) is 17.9. The van der Waals surface area contributed by atoms with E-state index in [-0.39, 0.29) is 23.4 Å². The lowest BCUT2D eigenvalue weighted by Gasteiger charge is -2.30. The van der Waals surface area contributed by atoms with Crippen LogP contribution in [0.15, 0.2) is 53.1 Å². The number of nitrogens with zero attached hydrogens (tertiary/aromatic N) is 3. The van der Waals surface area contributed by atoms with E-state index < -0.39 is 0 Å². The van der Waals surface area contributed by atoms with Gasteiger partial charge in [0.2, 0.25) is 17.6 Å². The molecular formula is C24H25FN4O3. The zero-order valence-electron chi connectivity index (χ0n) is 17.9. The Kier molecular flexibility index (Phi) is 6.70. The third-order valence-electron chi connectivity index (χ3n) is 5.61. The molecule has 3 aromatic rings. The minimum Gasteiger partial charge on any atom is -0.339 e. The number of carbonyl (C=O) groups is 2. The molecule has 0 spiro atoms. The molecule has 4 rings (SSSR count). The molecule has 2 heterocycles. The fourth-order valence-corrected chi connectivity index (χ4v) is 3.88. The van der Waals surface area contributed by atoms with Crippen molar-refractivity contribution < 1.29 is 18.5 Å². The minimum absolute atomic E-state index is 0.00757. The SMILES string of the molecule is CC(=O)c1ccc(NC(=O)CCN2CCCC(c3nc(-c4cccc(F)c4)no3)C2)cc1. The van der Waals surface area contributed by atoms with Gasteiger partial charge < -0.3 is 14.7 Å². The molecule has 1 unspecified atom stereocenters. The van der Waals surface area contributed by atoms with Crippen LogP contribution in [0, 0.1) is 5.82 Å². The summed E-state index contributed by atoms with van der Waals surface area (Å²) in [4.78, 5) is 30.4. The molecule has 1 aliphatic heterocycles. The van der Waals surface area contributed by atoms with Crippen molar-refractivity contribution in [3.8, 4) is 11.4 Å². The number of hydrogen-bond donors (Lipinski definition) is 1. The Morgan fingerprint density at radius 2 is 2.03 bits per heavy atom. The summed E-state index contributed by atoms with van der Waals surface area (Å²) >= 11 is 0. The number of anilines is 1. The van der Waals surface area contributed by atoms with E-state index in [0.717, 1.165) is 25.9 Å². The summed E-state index contributed by atoms with van der Waals surface area (Å²) < 4.78 is 18.9. The highest BCUT2D eigenvalue weighted by Gasteiger charge is 2.26. The summed E-state index contributed by atoms with van der Waals surface area (Å²) in [6, 6.07) is 13.0. The number of likely N-dealkylation sites (tertiary alicyclic amines) is 1. The van der Waals surface area contributed by atoms with Crippen molar-refractivity contribution in [2.45, 2.75) is 32.1 Å². The molecular weight excluding hydrogens is 411 g/mol.